The number of methoxy groups -OCH3 is 1. The second-order valence-corrected chi connectivity index (χ2v) is 10.7. The van der Waals surface area contributed by atoms with Crippen LogP contribution in [0.15, 0.2) is 42.5 Å². The van der Waals surface area contributed by atoms with Gasteiger partial charge in [0.2, 0.25) is 0 Å². The molecular weight excluding hydrogens is 382 g/mol. The molecule has 1 amide bonds. The molecule has 4 fully saturated rings. The Hall–Kier alpha value is -2.29. The van der Waals surface area contributed by atoms with E-state index in [1.165, 1.54) is 49.7 Å². The van der Waals surface area contributed by atoms with Crippen molar-refractivity contribution in [2.75, 3.05) is 18.6 Å². The summed E-state index contributed by atoms with van der Waals surface area (Å²) in [6.07, 6.45) is 11.3. The van der Waals surface area contributed by atoms with Crippen LogP contribution in [-0.2, 0) is 11.8 Å². The average Bonchev–Trinajstić information content (AvgIpc) is 3.00. The molecule has 162 valence electrons. The maximum Gasteiger partial charge on any atom is 0.258 e. The predicted octanol–water partition coefficient (Wildman–Crippen LogP) is 6.15. The van der Waals surface area contributed by atoms with Crippen LogP contribution in [0.2, 0.25) is 0 Å². The van der Waals surface area contributed by atoms with Crippen molar-refractivity contribution in [3.05, 3.63) is 59.2 Å². The molecule has 5 aliphatic rings. The van der Waals surface area contributed by atoms with Crippen LogP contribution in [0, 0.1) is 17.8 Å². The van der Waals surface area contributed by atoms with Gasteiger partial charge < -0.3 is 9.64 Å². The van der Waals surface area contributed by atoms with E-state index < -0.39 is 0 Å². The molecule has 0 spiro atoms. The monoisotopic (exact) mass is 415 g/mol. The zero-order chi connectivity index (χ0) is 21.0. The lowest BCUT2D eigenvalue weighted by Gasteiger charge is -2.57. The van der Waals surface area contributed by atoms with Gasteiger partial charge in [0.05, 0.1) is 7.11 Å². The minimum absolute atomic E-state index is 0.142. The average molecular weight is 416 g/mol. The van der Waals surface area contributed by atoms with Crippen LogP contribution in [-0.4, -0.2) is 19.6 Å². The van der Waals surface area contributed by atoms with Gasteiger partial charge in [-0.3, -0.25) is 4.79 Å². The molecule has 3 nitrogen and oxygen atoms in total. The normalized spacial score (nSPS) is 31.3. The van der Waals surface area contributed by atoms with Crippen molar-refractivity contribution in [2.45, 2.75) is 63.2 Å². The summed E-state index contributed by atoms with van der Waals surface area (Å²) < 4.78 is 5.87. The zero-order valence-corrected chi connectivity index (χ0v) is 18.6. The minimum atomic E-state index is 0.142. The molecule has 0 saturated heterocycles. The summed E-state index contributed by atoms with van der Waals surface area (Å²) in [4.78, 5) is 15.8. The Labute approximate surface area is 185 Å². The van der Waals surface area contributed by atoms with E-state index in [0.717, 1.165) is 60.6 Å². The standard InChI is InChI=1S/C28H33NO2/c1-31-26-10-9-23(27(30)29-11-5-4-7-22-6-2-3-8-25(22)29)15-24(26)28-16-19-12-20(17-28)14-21(13-19)18-28/h2-3,6,8-10,15,19-21H,4-5,7,11-14,16-18H2,1H3. The Balaban J connectivity index is 1.39. The molecule has 31 heavy (non-hydrogen) atoms. The van der Waals surface area contributed by atoms with E-state index in [0.29, 0.717) is 0 Å². The van der Waals surface area contributed by atoms with Crippen molar-refractivity contribution >= 4 is 11.6 Å². The third kappa shape index (κ3) is 3.20. The summed E-state index contributed by atoms with van der Waals surface area (Å²) in [7, 11) is 1.78. The van der Waals surface area contributed by atoms with Gasteiger partial charge in [0.15, 0.2) is 0 Å². The number of hydrogen-bond donors (Lipinski definition) is 0. The molecule has 0 aromatic heterocycles. The largest absolute Gasteiger partial charge is 0.496 e. The van der Waals surface area contributed by atoms with Crippen molar-refractivity contribution in [1.82, 2.24) is 0 Å². The molecule has 3 heteroatoms. The molecule has 2 aromatic rings. The summed E-state index contributed by atoms with van der Waals surface area (Å²) in [5.74, 6) is 3.73. The van der Waals surface area contributed by atoms with Gasteiger partial charge in [0.1, 0.15) is 5.75 Å². The van der Waals surface area contributed by atoms with Crippen LogP contribution in [0.25, 0.3) is 0 Å². The molecule has 4 aliphatic carbocycles. The number of fused-ring (bicyclic) bond motifs is 1. The summed E-state index contributed by atoms with van der Waals surface area (Å²) >= 11 is 0. The number of amides is 1. The van der Waals surface area contributed by atoms with E-state index in [1.54, 1.807) is 7.11 Å². The zero-order valence-electron chi connectivity index (χ0n) is 18.6. The van der Waals surface area contributed by atoms with E-state index in [4.69, 9.17) is 4.74 Å². The third-order valence-electron chi connectivity index (χ3n) is 8.66. The lowest BCUT2D eigenvalue weighted by Crippen LogP contribution is -2.48. The van der Waals surface area contributed by atoms with E-state index >= 15 is 0 Å². The van der Waals surface area contributed by atoms with Crippen molar-refractivity contribution in [2.24, 2.45) is 17.8 Å². The topological polar surface area (TPSA) is 29.5 Å². The maximum atomic E-state index is 13.8. The lowest BCUT2D eigenvalue weighted by atomic mass is 9.48. The van der Waals surface area contributed by atoms with E-state index in [9.17, 15) is 4.79 Å². The molecular formula is C28H33NO2. The highest BCUT2D eigenvalue weighted by molar-refractivity contribution is 6.06. The van der Waals surface area contributed by atoms with Crippen LogP contribution in [0.3, 0.4) is 0 Å². The Morgan fingerprint density at radius 2 is 1.68 bits per heavy atom. The number of nitrogens with zero attached hydrogens (tertiary/aromatic N) is 1. The highest BCUT2D eigenvalue weighted by atomic mass is 16.5. The lowest BCUT2D eigenvalue weighted by molar-refractivity contribution is -0.00617. The fourth-order valence-electron chi connectivity index (χ4n) is 7.75. The Morgan fingerprint density at radius 1 is 0.968 bits per heavy atom. The van der Waals surface area contributed by atoms with Crippen molar-refractivity contribution in [3.63, 3.8) is 0 Å². The van der Waals surface area contributed by atoms with Crippen molar-refractivity contribution < 1.29 is 9.53 Å². The van der Waals surface area contributed by atoms with Gasteiger partial charge in [0.25, 0.3) is 5.91 Å². The van der Waals surface area contributed by atoms with Crippen molar-refractivity contribution in [1.29, 1.82) is 0 Å². The van der Waals surface area contributed by atoms with Crippen LogP contribution < -0.4 is 9.64 Å². The first-order valence-electron chi connectivity index (χ1n) is 12.2. The first-order chi connectivity index (χ1) is 15.1. The fraction of sp³-hybridized carbons (Fsp3) is 0.536. The van der Waals surface area contributed by atoms with Gasteiger partial charge in [-0.25, -0.2) is 0 Å². The maximum absolute atomic E-state index is 13.8. The van der Waals surface area contributed by atoms with E-state index in [-0.39, 0.29) is 11.3 Å². The Bertz CT molecular complexity index is 975. The van der Waals surface area contributed by atoms with Crippen molar-refractivity contribution in [3.8, 4) is 5.75 Å². The number of anilines is 1. The summed E-state index contributed by atoms with van der Waals surface area (Å²) in [5.41, 5.74) is 4.74. The van der Waals surface area contributed by atoms with E-state index in [1.807, 2.05) is 11.0 Å². The highest BCUT2D eigenvalue weighted by Gasteiger charge is 2.52. The predicted molar refractivity (Wildman–Crippen MR) is 124 cm³/mol. The second kappa shape index (κ2) is 7.39. The number of para-hydroxylation sites is 1. The van der Waals surface area contributed by atoms with Gasteiger partial charge in [0, 0.05) is 23.4 Å². The fourth-order valence-corrected chi connectivity index (χ4v) is 7.75. The van der Waals surface area contributed by atoms with Crippen LogP contribution in [0.1, 0.15) is 72.9 Å². The molecule has 4 saturated carbocycles. The number of rotatable bonds is 3. The van der Waals surface area contributed by atoms with Gasteiger partial charge in [-0.15, -0.1) is 0 Å². The molecule has 0 radical (unpaired) electrons. The van der Waals surface area contributed by atoms with Gasteiger partial charge in [-0.05, 0) is 111 Å². The molecule has 7 rings (SSSR count). The molecule has 0 atom stereocenters. The number of ether oxygens (including phenoxy) is 1. The summed E-state index contributed by atoms with van der Waals surface area (Å²) in [5, 5.41) is 0. The van der Waals surface area contributed by atoms with Gasteiger partial charge in [-0.2, -0.15) is 0 Å². The molecule has 4 bridgehead atoms. The summed E-state index contributed by atoms with van der Waals surface area (Å²) in [6.45, 7) is 0.800. The molecule has 2 aromatic carbocycles. The molecule has 0 unspecified atom stereocenters. The third-order valence-corrected chi connectivity index (χ3v) is 8.66. The molecule has 1 aliphatic heterocycles. The number of hydrogen-bond acceptors (Lipinski definition) is 2. The Kier molecular flexibility index (Phi) is 4.63. The number of carbonyl (C=O) groups is 1. The SMILES string of the molecule is COc1ccc(C(=O)N2CCCCc3ccccc32)cc1C12CC3CC(CC(C3)C1)C2. The Morgan fingerprint density at radius 3 is 2.39 bits per heavy atom. The van der Waals surface area contributed by atoms with Crippen LogP contribution in [0.5, 0.6) is 5.75 Å². The van der Waals surface area contributed by atoms with Gasteiger partial charge >= 0.3 is 0 Å². The minimum Gasteiger partial charge on any atom is -0.496 e. The first kappa shape index (κ1) is 19.4. The smallest absolute Gasteiger partial charge is 0.258 e. The number of benzene rings is 2. The quantitative estimate of drug-likeness (QED) is 0.602. The van der Waals surface area contributed by atoms with Gasteiger partial charge in [-0.1, -0.05) is 18.2 Å². The highest BCUT2D eigenvalue weighted by Crippen LogP contribution is 2.62. The molecule has 0 N–H and O–H groups in total. The first-order valence-corrected chi connectivity index (χ1v) is 12.2. The van der Waals surface area contributed by atoms with E-state index in [2.05, 4.69) is 36.4 Å². The molecule has 1 heterocycles. The van der Waals surface area contributed by atoms with Crippen LogP contribution >= 0.6 is 0 Å². The number of aryl methyl sites for hydroxylation is 1. The summed E-state index contributed by atoms with van der Waals surface area (Å²) in [6, 6.07) is 14.7. The number of carbonyl (C=O) groups excluding carboxylic acids is 1. The second-order valence-electron chi connectivity index (χ2n) is 10.7. The van der Waals surface area contributed by atoms with Crippen LogP contribution in [0.4, 0.5) is 5.69 Å².